The van der Waals surface area contributed by atoms with Gasteiger partial charge in [0, 0.05) is 0 Å². The summed E-state index contributed by atoms with van der Waals surface area (Å²) in [6.45, 7) is 0. The number of hydrogen-bond donors (Lipinski definition) is 0. The van der Waals surface area contributed by atoms with Gasteiger partial charge in [0.1, 0.15) is 0 Å². The minimum Gasteiger partial charge on any atom is -0.244 e. The van der Waals surface area contributed by atoms with E-state index in [1.54, 1.807) is 11.3 Å². The summed E-state index contributed by atoms with van der Waals surface area (Å²) in [6.07, 6.45) is 0.960. The van der Waals surface area contributed by atoms with E-state index in [0.29, 0.717) is 0 Å². The zero-order valence-corrected chi connectivity index (χ0v) is 9.58. The first-order chi connectivity index (χ1) is 7.93. The Balaban J connectivity index is 2.04. The van der Waals surface area contributed by atoms with Gasteiger partial charge in [-0.25, -0.2) is 4.98 Å². The molecule has 16 heavy (non-hydrogen) atoms. The van der Waals surface area contributed by atoms with Crippen molar-refractivity contribution in [3.8, 4) is 0 Å². The summed E-state index contributed by atoms with van der Waals surface area (Å²) in [5.41, 5.74) is 5.71. The van der Waals surface area contributed by atoms with E-state index >= 15 is 0 Å². The van der Waals surface area contributed by atoms with E-state index in [-0.39, 0.29) is 0 Å². The predicted molar refractivity (Wildman–Crippen MR) is 68.9 cm³/mol. The van der Waals surface area contributed by atoms with E-state index in [2.05, 4.69) is 47.4 Å². The number of para-hydroxylation sites is 1. The van der Waals surface area contributed by atoms with Gasteiger partial charge in [0.05, 0.1) is 15.7 Å². The molecule has 0 aliphatic heterocycles. The Morgan fingerprint density at radius 1 is 0.938 bits per heavy atom. The Hall–Kier alpha value is -1.67. The third kappa shape index (κ3) is 1.72. The molecule has 0 saturated heterocycles. The lowest BCUT2D eigenvalue weighted by Crippen LogP contribution is -1.88. The smallest absolute Gasteiger partial charge is 0.0847 e. The summed E-state index contributed by atoms with van der Waals surface area (Å²) in [5.74, 6) is 0. The minimum absolute atomic E-state index is 0.960. The Kier molecular flexibility index (Phi) is 2.43. The number of benzene rings is 2. The fourth-order valence-corrected chi connectivity index (χ4v) is 2.63. The summed E-state index contributed by atoms with van der Waals surface area (Å²) < 4.78 is 1.27. The number of aromatic nitrogens is 1. The highest BCUT2D eigenvalue weighted by Crippen LogP contribution is 2.23. The lowest BCUT2D eigenvalue weighted by Gasteiger charge is -2.02. The quantitative estimate of drug-likeness (QED) is 0.645. The van der Waals surface area contributed by atoms with Crippen molar-refractivity contribution in [1.82, 2.24) is 4.98 Å². The molecule has 2 aromatic carbocycles. The molecule has 1 aromatic heterocycles. The average Bonchev–Trinajstić information content (AvgIpc) is 2.80. The summed E-state index contributed by atoms with van der Waals surface area (Å²) in [6, 6.07) is 16.9. The van der Waals surface area contributed by atoms with Gasteiger partial charge in [0.2, 0.25) is 0 Å². The molecule has 0 aliphatic rings. The summed E-state index contributed by atoms with van der Waals surface area (Å²) in [4.78, 5) is 4.43. The van der Waals surface area contributed by atoms with Crippen molar-refractivity contribution in [1.29, 1.82) is 0 Å². The Morgan fingerprint density at radius 3 is 2.69 bits per heavy atom. The third-order valence-electron chi connectivity index (χ3n) is 2.68. The van der Waals surface area contributed by atoms with Gasteiger partial charge in [-0.3, -0.25) is 0 Å². The van der Waals surface area contributed by atoms with E-state index < -0.39 is 0 Å². The van der Waals surface area contributed by atoms with Gasteiger partial charge >= 0.3 is 0 Å². The van der Waals surface area contributed by atoms with Gasteiger partial charge in [-0.1, -0.05) is 42.5 Å². The highest BCUT2D eigenvalue weighted by molar-refractivity contribution is 7.16. The van der Waals surface area contributed by atoms with Crippen LogP contribution in [0.2, 0.25) is 0 Å². The number of fused-ring (bicyclic) bond motifs is 1. The van der Waals surface area contributed by atoms with Crippen LogP contribution in [-0.4, -0.2) is 4.98 Å². The first-order valence-electron chi connectivity index (χ1n) is 5.28. The second-order valence-electron chi connectivity index (χ2n) is 3.78. The number of thiazole rings is 1. The molecule has 0 atom stereocenters. The van der Waals surface area contributed by atoms with Crippen LogP contribution in [0.5, 0.6) is 0 Å². The van der Waals surface area contributed by atoms with Gasteiger partial charge < -0.3 is 0 Å². The number of nitrogens with zero attached hydrogens (tertiary/aromatic N) is 1. The van der Waals surface area contributed by atoms with Crippen molar-refractivity contribution in [2.75, 3.05) is 0 Å². The Labute approximate surface area is 98.4 Å². The molecule has 3 aromatic rings. The third-order valence-corrected chi connectivity index (χ3v) is 3.48. The first kappa shape index (κ1) is 9.55. The molecule has 0 amide bonds. The van der Waals surface area contributed by atoms with Crippen molar-refractivity contribution in [3.63, 3.8) is 0 Å². The molecule has 0 bridgehead atoms. The highest BCUT2D eigenvalue weighted by Gasteiger charge is 2.03. The monoisotopic (exact) mass is 225 g/mol. The van der Waals surface area contributed by atoms with Gasteiger partial charge in [-0.15, -0.1) is 11.3 Å². The van der Waals surface area contributed by atoms with Crippen molar-refractivity contribution >= 4 is 21.6 Å². The topological polar surface area (TPSA) is 12.9 Å². The van der Waals surface area contributed by atoms with Crippen LogP contribution in [0.15, 0.2) is 54.0 Å². The lowest BCUT2D eigenvalue weighted by molar-refractivity contribution is 1.20. The van der Waals surface area contributed by atoms with Crippen LogP contribution in [0.25, 0.3) is 10.2 Å². The zero-order chi connectivity index (χ0) is 10.8. The predicted octanol–water partition coefficient (Wildman–Crippen LogP) is 3.89. The standard InChI is InChI=1S/C14H11NS/c1-2-5-11(6-3-1)9-12-7-4-8-13-14(12)15-10-16-13/h1-8,10H,9H2. The van der Waals surface area contributed by atoms with Gasteiger partial charge in [0.25, 0.3) is 0 Å². The molecule has 0 saturated carbocycles. The maximum atomic E-state index is 4.43. The van der Waals surface area contributed by atoms with Crippen LogP contribution < -0.4 is 0 Å². The molecular weight excluding hydrogens is 214 g/mol. The molecule has 1 nitrogen and oxygen atoms in total. The van der Waals surface area contributed by atoms with E-state index in [9.17, 15) is 0 Å². The molecule has 78 valence electrons. The maximum absolute atomic E-state index is 4.43. The van der Waals surface area contributed by atoms with Crippen LogP contribution >= 0.6 is 11.3 Å². The second kappa shape index (κ2) is 4.06. The van der Waals surface area contributed by atoms with E-state index in [1.807, 2.05) is 11.6 Å². The first-order valence-corrected chi connectivity index (χ1v) is 6.16. The van der Waals surface area contributed by atoms with Crippen molar-refractivity contribution in [3.05, 3.63) is 65.2 Å². The maximum Gasteiger partial charge on any atom is 0.0847 e. The van der Waals surface area contributed by atoms with E-state index in [0.717, 1.165) is 11.9 Å². The van der Waals surface area contributed by atoms with Crippen molar-refractivity contribution in [2.24, 2.45) is 0 Å². The fraction of sp³-hybridized carbons (Fsp3) is 0.0714. The molecule has 3 rings (SSSR count). The van der Waals surface area contributed by atoms with E-state index in [1.165, 1.54) is 15.8 Å². The Morgan fingerprint density at radius 2 is 1.81 bits per heavy atom. The Bertz CT molecular complexity index is 598. The summed E-state index contributed by atoms with van der Waals surface area (Å²) in [7, 11) is 0. The fourth-order valence-electron chi connectivity index (χ4n) is 1.90. The lowest BCUT2D eigenvalue weighted by atomic mass is 10.0. The van der Waals surface area contributed by atoms with E-state index in [4.69, 9.17) is 0 Å². The van der Waals surface area contributed by atoms with Crippen molar-refractivity contribution in [2.45, 2.75) is 6.42 Å². The number of hydrogen-bond acceptors (Lipinski definition) is 2. The number of rotatable bonds is 2. The van der Waals surface area contributed by atoms with Crippen LogP contribution in [0, 0.1) is 0 Å². The molecule has 0 spiro atoms. The molecule has 0 fully saturated rings. The molecule has 0 radical (unpaired) electrons. The highest BCUT2D eigenvalue weighted by atomic mass is 32.1. The molecule has 0 N–H and O–H groups in total. The minimum atomic E-state index is 0.960. The molecule has 2 heteroatoms. The SMILES string of the molecule is c1ccc(Cc2cccc3scnc23)cc1. The molecule has 0 unspecified atom stereocenters. The summed E-state index contributed by atoms with van der Waals surface area (Å²) in [5, 5.41) is 0. The van der Waals surface area contributed by atoms with Gasteiger partial charge in [0.15, 0.2) is 0 Å². The molecular formula is C14H11NS. The summed E-state index contributed by atoms with van der Waals surface area (Å²) >= 11 is 1.70. The van der Waals surface area contributed by atoms with Gasteiger partial charge in [-0.05, 0) is 23.6 Å². The van der Waals surface area contributed by atoms with Crippen molar-refractivity contribution < 1.29 is 0 Å². The van der Waals surface area contributed by atoms with Crippen LogP contribution in [0.3, 0.4) is 0 Å². The van der Waals surface area contributed by atoms with Gasteiger partial charge in [-0.2, -0.15) is 0 Å². The van der Waals surface area contributed by atoms with Crippen LogP contribution in [0.4, 0.5) is 0 Å². The molecule has 1 heterocycles. The largest absolute Gasteiger partial charge is 0.244 e. The average molecular weight is 225 g/mol. The molecule has 0 aliphatic carbocycles. The van der Waals surface area contributed by atoms with Crippen LogP contribution in [0.1, 0.15) is 11.1 Å². The second-order valence-corrected chi connectivity index (χ2v) is 4.66. The van der Waals surface area contributed by atoms with Crippen LogP contribution in [-0.2, 0) is 6.42 Å². The zero-order valence-electron chi connectivity index (χ0n) is 8.76. The normalized spacial score (nSPS) is 10.8.